The Morgan fingerprint density at radius 2 is 2.00 bits per heavy atom. The van der Waals surface area contributed by atoms with E-state index >= 15 is 0 Å². The van der Waals surface area contributed by atoms with Crippen LogP contribution >= 0.6 is 0 Å². The minimum atomic E-state index is -0.272. The first-order valence-corrected chi connectivity index (χ1v) is 6.93. The van der Waals surface area contributed by atoms with Gasteiger partial charge in [0.2, 0.25) is 5.91 Å². The molecule has 1 N–H and O–H groups in total. The van der Waals surface area contributed by atoms with Gasteiger partial charge >= 0.3 is 0 Å². The SMILES string of the molecule is COc1cccc(NC(=O)CN(C)Cc2cccc(F)c2)c1. The number of benzene rings is 2. The topological polar surface area (TPSA) is 41.6 Å². The van der Waals surface area contributed by atoms with Crippen LogP contribution in [0.25, 0.3) is 0 Å². The van der Waals surface area contributed by atoms with E-state index in [0.29, 0.717) is 18.0 Å². The number of anilines is 1. The molecule has 2 aromatic carbocycles. The average molecular weight is 302 g/mol. The summed E-state index contributed by atoms with van der Waals surface area (Å²) in [5.41, 5.74) is 1.51. The third-order valence-corrected chi connectivity index (χ3v) is 3.11. The van der Waals surface area contributed by atoms with E-state index in [1.807, 2.05) is 30.1 Å². The zero-order chi connectivity index (χ0) is 15.9. The van der Waals surface area contributed by atoms with Crippen LogP contribution in [0.15, 0.2) is 48.5 Å². The number of likely N-dealkylation sites (N-methyl/N-ethyl adjacent to an activating group) is 1. The van der Waals surface area contributed by atoms with Crippen molar-refractivity contribution in [1.82, 2.24) is 4.90 Å². The molecule has 2 aromatic rings. The van der Waals surface area contributed by atoms with Crippen LogP contribution in [-0.4, -0.2) is 31.5 Å². The zero-order valence-corrected chi connectivity index (χ0v) is 12.7. The second kappa shape index (κ2) is 7.56. The maximum atomic E-state index is 13.1. The van der Waals surface area contributed by atoms with Gasteiger partial charge in [-0.2, -0.15) is 0 Å². The molecule has 4 nitrogen and oxygen atoms in total. The molecule has 0 saturated carbocycles. The lowest BCUT2D eigenvalue weighted by Crippen LogP contribution is -2.29. The van der Waals surface area contributed by atoms with E-state index in [0.717, 1.165) is 5.56 Å². The van der Waals surface area contributed by atoms with Crippen LogP contribution in [0.3, 0.4) is 0 Å². The number of ether oxygens (including phenoxy) is 1. The van der Waals surface area contributed by atoms with Crippen molar-refractivity contribution in [1.29, 1.82) is 0 Å². The fraction of sp³-hybridized carbons (Fsp3) is 0.235. The summed E-state index contributed by atoms with van der Waals surface area (Å²) in [6.07, 6.45) is 0. The van der Waals surface area contributed by atoms with E-state index in [2.05, 4.69) is 5.32 Å². The molecule has 0 atom stereocenters. The van der Waals surface area contributed by atoms with Crippen LogP contribution in [-0.2, 0) is 11.3 Å². The van der Waals surface area contributed by atoms with Crippen LogP contribution in [0, 0.1) is 5.82 Å². The van der Waals surface area contributed by atoms with E-state index < -0.39 is 0 Å². The highest BCUT2D eigenvalue weighted by Gasteiger charge is 2.08. The Morgan fingerprint density at radius 3 is 2.73 bits per heavy atom. The average Bonchev–Trinajstić information content (AvgIpc) is 2.47. The molecule has 1 amide bonds. The lowest BCUT2D eigenvalue weighted by Gasteiger charge is -2.16. The molecule has 0 unspecified atom stereocenters. The fourth-order valence-corrected chi connectivity index (χ4v) is 2.15. The van der Waals surface area contributed by atoms with Gasteiger partial charge in [0.05, 0.1) is 13.7 Å². The number of hydrogen-bond donors (Lipinski definition) is 1. The van der Waals surface area contributed by atoms with Crippen molar-refractivity contribution in [3.8, 4) is 5.75 Å². The first-order chi connectivity index (χ1) is 10.6. The Morgan fingerprint density at radius 1 is 1.23 bits per heavy atom. The number of halogens is 1. The van der Waals surface area contributed by atoms with E-state index in [1.165, 1.54) is 12.1 Å². The molecule has 2 rings (SSSR count). The summed E-state index contributed by atoms with van der Waals surface area (Å²) < 4.78 is 18.2. The number of nitrogens with one attached hydrogen (secondary N) is 1. The molecule has 0 radical (unpaired) electrons. The van der Waals surface area contributed by atoms with Crippen molar-refractivity contribution in [3.63, 3.8) is 0 Å². The minimum absolute atomic E-state index is 0.132. The van der Waals surface area contributed by atoms with Gasteiger partial charge in [-0.1, -0.05) is 18.2 Å². The van der Waals surface area contributed by atoms with Gasteiger partial charge in [-0.25, -0.2) is 4.39 Å². The van der Waals surface area contributed by atoms with Crippen LogP contribution in [0.1, 0.15) is 5.56 Å². The van der Waals surface area contributed by atoms with Gasteiger partial charge in [-0.15, -0.1) is 0 Å². The predicted molar refractivity (Wildman–Crippen MR) is 84.4 cm³/mol. The molecule has 0 aliphatic heterocycles. The molecule has 0 aromatic heterocycles. The summed E-state index contributed by atoms with van der Waals surface area (Å²) in [6, 6.07) is 13.5. The van der Waals surface area contributed by atoms with Gasteiger partial charge in [0, 0.05) is 18.3 Å². The van der Waals surface area contributed by atoms with E-state index in [4.69, 9.17) is 4.74 Å². The number of amides is 1. The van der Waals surface area contributed by atoms with E-state index in [9.17, 15) is 9.18 Å². The molecule has 0 aliphatic rings. The lowest BCUT2D eigenvalue weighted by molar-refractivity contribution is -0.117. The summed E-state index contributed by atoms with van der Waals surface area (Å²) in [5, 5.41) is 2.81. The van der Waals surface area contributed by atoms with Gasteiger partial charge in [-0.3, -0.25) is 9.69 Å². The number of rotatable bonds is 6. The number of carbonyl (C=O) groups is 1. The van der Waals surface area contributed by atoms with Gasteiger partial charge in [0.15, 0.2) is 0 Å². The van der Waals surface area contributed by atoms with E-state index in [1.54, 1.807) is 25.3 Å². The molecule has 0 bridgehead atoms. The Balaban J connectivity index is 1.88. The largest absolute Gasteiger partial charge is 0.497 e. The standard InChI is InChI=1S/C17H19FN2O2/c1-20(11-13-5-3-6-14(18)9-13)12-17(21)19-15-7-4-8-16(10-15)22-2/h3-10H,11-12H2,1-2H3,(H,19,21). The summed E-state index contributed by atoms with van der Waals surface area (Å²) in [4.78, 5) is 13.8. The lowest BCUT2D eigenvalue weighted by atomic mass is 10.2. The Labute approximate surface area is 129 Å². The van der Waals surface area contributed by atoms with Gasteiger partial charge in [0.25, 0.3) is 0 Å². The molecule has 116 valence electrons. The molecule has 0 heterocycles. The molecule has 0 saturated heterocycles. The third kappa shape index (κ3) is 4.86. The van der Waals surface area contributed by atoms with Gasteiger partial charge in [-0.05, 0) is 36.9 Å². The van der Waals surface area contributed by atoms with Crippen molar-refractivity contribution >= 4 is 11.6 Å². The highest BCUT2D eigenvalue weighted by atomic mass is 19.1. The van der Waals surface area contributed by atoms with Crippen LogP contribution in [0.2, 0.25) is 0 Å². The molecular formula is C17H19FN2O2. The first-order valence-electron chi connectivity index (χ1n) is 6.93. The first kappa shape index (κ1) is 16.0. The number of carbonyl (C=O) groups excluding carboxylic acids is 1. The maximum Gasteiger partial charge on any atom is 0.238 e. The molecule has 0 fully saturated rings. The quantitative estimate of drug-likeness (QED) is 0.892. The van der Waals surface area contributed by atoms with Crippen molar-refractivity contribution in [3.05, 3.63) is 59.9 Å². The number of methoxy groups -OCH3 is 1. The summed E-state index contributed by atoms with van der Waals surface area (Å²) in [5.74, 6) is 0.282. The molecule has 0 spiro atoms. The second-order valence-corrected chi connectivity index (χ2v) is 5.08. The highest BCUT2D eigenvalue weighted by Crippen LogP contribution is 2.16. The van der Waals surface area contributed by atoms with Crippen molar-refractivity contribution < 1.29 is 13.9 Å². The third-order valence-electron chi connectivity index (χ3n) is 3.11. The van der Waals surface area contributed by atoms with Crippen LogP contribution in [0.5, 0.6) is 5.75 Å². The second-order valence-electron chi connectivity index (χ2n) is 5.08. The van der Waals surface area contributed by atoms with Gasteiger partial charge in [0.1, 0.15) is 11.6 Å². The minimum Gasteiger partial charge on any atom is -0.497 e. The normalized spacial score (nSPS) is 10.5. The van der Waals surface area contributed by atoms with Crippen LogP contribution < -0.4 is 10.1 Å². The van der Waals surface area contributed by atoms with Gasteiger partial charge < -0.3 is 10.1 Å². The summed E-state index contributed by atoms with van der Waals surface area (Å²) in [6.45, 7) is 0.719. The number of nitrogens with zero attached hydrogens (tertiary/aromatic N) is 1. The van der Waals surface area contributed by atoms with Crippen molar-refractivity contribution in [2.45, 2.75) is 6.54 Å². The predicted octanol–water partition coefficient (Wildman–Crippen LogP) is 2.90. The van der Waals surface area contributed by atoms with Crippen LogP contribution in [0.4, 0.5) is 10.1 Å². The van der Waals surface area contributed by atoms with Crippen molar-refractivity contribution in [2.24, 2.45) is 0 Å². The fourth-order valence-electron chi connectivity index (χ4n) is 2.15. The summed E-state index contributed by atoms with van der Waals surface area (Å²) in [7, 11) is 3.39. The maximum absolute atomic E-state index is 13.1. The molecular weight excluding hydrogens is 283 g/mol. The summed E-state index contributed by atoms with van der Waals surface area (Å²) >= 11 is 0. The Hall–Kier alpha value is -2.40. The number of hydrogen-bond acceptors (Lipinski definition) is 3. The molecule has 0 aliphatic carbocycles. The monoisotopic (exact) mass is 302 g/mol. The highest BCUT2D eigenvalue weighted by molar-refractivity contribution is 5.92. The smallest absolute Gasteiger partial charge is 0.238 e. The van der Waals surface area contributed by atoms with Crippen molar-refractivity contribution in [2.75, 3.05) is 26.0 Å². The molecule has 5 heteroatoms. The molecule has 22 heavy (non-hydrogen) atoms. The Bertz CT molecular complexity index is 646. The zero-order valence-electron chi connectivity index (χ0n) is 12.7. The Kier molecular flexibility index (Phi) is 5.49. The van der Waals surface area contributed by atoms with E-state index in [-0.39, 0.29) is 18.3 Å².